The fraction of sp³-hybridized carbons (Fsp3) is 0.600. The Hall–Kier alpha value is -1.14. The molecule has 0 spiro atoms. The molecular weight excluding hydrogens is 228 g/mol. The molecule has 1 aromatic rings. The SMILES string of the molecule is CCc1nc(N2CCOCC2)sc1C(=O)O. The number of hydrogen-bond donors (Lipinski definition) is 1. The first-order chi connectivity index (χ1) is 7.72. The second kappa shape index (κ2) is 4.80. The molecule has 1 fully saturated rings. The van der Waals surface area contributed by atoms with Gasteiger partial charge in [0.1, 0.15) is 4.88 Å². The largest absolute Gasteiger partial charge is 0.477 e. The molecule has 2 rings (SSSR count). The van der Waals surface area contributed by atoms with Crippen LogP contribution in [0.4, 0.5) is 5.13 Å². The third kappa shape index (κ3) is 2.17. The van der Waals surface area contributed by atoms with E-state index in [4.69, 9.17) is 9.84 Å². The Balaban J connectivity index is 2.24. The van der Waals surface area contributed by atoms with Gasteiger partial charge >= 0.3 is 5.97 Å². The molecule has 1 aliphatic heterocycles. The Kier molecular flexibility index (Phi) is 3.40. The number of aromatic nitrogens is 1. The van der Waals surface area contributed by atoms with Gasteiger partial charge in [0.25, 0.3) is 0 Å². The summed E-state index contributed by atoms with van der Waals surface area (Å²) in [4.78, 5) is 17.8. The van der Waals surface area contributed by atoms with Crippen LogP contribution < -0.4 is 4.90 Å². The number of aryl methyl sites for hydroxylation is 1. The van der Waals surface area contributed by atoms with Crippen molar-refractivity contribution < 1.29 is 14.6 Å². The van der Waals surface area contributed by atoms with Gasteiger partial charge in [-0.25, -0.2) is 9.78 Å². The summed E-state index contributed by atoms with van der Waals surface area (Å²) < 4.78 is 5.25. The van der Waals surface area contributed by atoms with Crippen molar-refractivity contribution in [1.29, 1.82) is 0 Å². The Bertz CT molecular complexity index is 385. The quantitative estimate of drug-likeness (QED) is 0.864. The lowest BCUT2D eigenvalue weighted by molar-refractivity contribution is 0.0701. The summed E-state index contributed by atoms with van der Waals surface area (Å²) in [7, 11) is 0. The predicted octanol–water partition coefficient (Wildman–Crippen LogP) is 1.24. The lowest BCUT2D eigenvalue weighted by Gasteiger charge is -2.25. The molecule has 1 aliphatic rings. The lowest BCUT2D eigenvalue weighted by atomic mass is 10.3. The van der Waals surface area contributed by atoms with E-state index in [1.54, 1.807) is 0 Å². The van der Waals surface area contributed by atoms with Crippen LogP contribution in [0.25, 0.3) is 0 Å². The number of carbonyl (C=O) groups is 1. The monoisotopic (exact) mass is 242 g/mol. The first-order valence-corrected chi connectivity index (χ1v) is 6.09. The molecule has 1 saturated heterocycles. The van der Waals surface area contributed by atoms with Crippen LogP contribution in [0.3, 0.4) is 0 Å². The second-order valence-electron chi connectivity index (χ2n) is 3.53. The molecule has 0 amide bonds. The van der Waals surface area contributed by atoms with Gasteiger partial charge in [-0.05, 0) is 6.42 Å². The van der Waals surface area contributed by atoms with Crippen LogP contribution >= 0.6 is 11.3 Å². The molecule has 0 bridgehead atoms. The van der Waals surface area contributed by atoms with E-state index in [0.29, 0.717) is 30.2 Å². The zero-order valence-corrected chi connectivity index (χ0v) is 9.92. The first-order valence-electron chi connectivity index (χ1n) is 5.28. The van der Waals surface area contributed by atoms with E-state index in [1.807, 2.05) is 6.92 Å². The number of rotatable bonds is 3. The minimum atomic E-state index is -0.881. The summed E-state index contributed by atoms with van der Waals surface area (Å²) in [6.07, 6.45) is 0.655. The van der Waals surface area contributed by atoms with Gasteiger partial charge in [0, 0.05) is 13.1 Å². The molecule has 88 valence electrons. The molecule has 0 radical (unpaired) electrons. The number of nitrogens with zero attached hydrogens (tertiary/aromatic N) is 2. The first kappa shape index (κ1) is 11.3. The number of hydrogen-bond acceptors (Lipinski definition) is 5. The fourth-order valence-electron chi connectivity index (χ4n) is 1.64. The average molecular weight is 242 g/mol. The second-order valence-corrected chi connectivity index (χ2v) is 4.51. The number of carboxylic acid groups (broad SMARTS) is 1. The van der Waals surface area contributed by atoms with E-state index >= 15 is 0 Å². The van der Waals surface area contributed by atoms with E-state index in [-0.39, 0.29) is 0 Å². The molecule has 0 aromatic carbocycles. The van der Waals surface area contributed by atoms with Gasteiger partial charge in [-0.15, -0.1) is 0 Å². The highest BCUT2D eigenvalue weighted by atomic mass is 32.1. The van der Waals surface area contributed by atoms with Crippen LogP contribution in [-0.4, -0.2) is 42.4 Å². The van der Waals surface area contributed by atoms with Gasteiger partial charge in [-0.3, -0.25) is 0 Å². The van der Waals surface area contributed by atoms with Gasteiger partial charge in [0.05, 0.1) is 18.9 Å². The van der Waals surface area contributed by atoms with Crippen molar-refractivity contribution in [2.45, 2.75) is 13.3 Å². The molecule has 0 unspecified atom stereocenters. The summed E-state index contributed by atoms with van der Waals surface area (Å²) in [6.45, 7) is 4.86. The highest BCUT2D eigenvalue weighted by Gasteiger charge is 2.20. The van der Waals surface area contributed by atoms with Crippen molar-refractivity contribution in [2.75, 3.05) is 31.2 Å². The average Bonchev–Trinajstić information content (AvgIpc) is 2.74. The van der Waals surface area contributed by atoms with Crippen molar-refractivity contribution in [1.82, 2.24) is 4.98 Å². The zero-order chi connectivity index (χ0) is 11.5. The maximum Gasteiger partial charge on any atom is 0.347 e. The lowest BCUT2D eigenvalue weighted by Crippen LogP contribution is -2.36. The number of thiazole rings is 1. The van der Waals surface area contributed by atoms with E-state index < -0.39 is 5.97 Å². The number of aromatic carboxylic acids is 1. The zero-order valence-electron chi connectivity index (χ0n) is 9.10. The minimum Gasteiger partial charge on any atom is -0.477 e. The minimum absolute atomic E-state index is 0.365. The van der Waals surface area contributed by atoms with E-state index in [9.17, 15) is 4.79 Å². The third-order valence-corrected chi connectivity index (χ3v) is 3.64. The summed E-state index contributed by atoms with van der Waals surface area (Å²) in [5, 5.41) is 9.84. The van der Waals surface area contributed by atoms with Crippen LogP contribution in [0.5, 0.6) is 0 Å². The maximum absolute atomic E-state index is 11.0. The van der Waals surface area contributed by atoms with Crippen molar-refractivity contribution >= 4 is 22.4 Å². The van der Waals surface area contributed by atoms with Gasteiger partial charge in [-0.2, -0.15) is 0 Å². The van der Waals surface area contributed by atoms with Gasteiger partial charge in [-0.1, -0.05) is 18.3 Å². The van der Waals surface area contributed by atoms with Crippen LogP contribution in [0.1, 0.15) is 22.3 Å². The number of ether oxygens (including phenoxy) is 1. The maximum atomic E-state index is 11.0. The van der Waals surface area contributed by atoms with Crippen LogP contribution in [0, 0.1) is 0 Å². The van der Waals surface area contributed by atoms with Gasteiger partial charge in [0.2, 0.25) is 0 Å². The molecule has 0 aliphatic carbocycles. The van der Waals surface area contributed by atoms with Crippen molar-refractivity contribution in [3.63, 3.8) is 0 Å². The summed E-state index contributed by atoms with van der Waals surface area (Å²) in [5.41, 5.74) is 0.680. The standard InChI is InChI=1S/C10H14N2O3S/c1-2-7-8(9(13)14)16-10(11-7)12-3-5-15-6-4-12/h2-6H2,1H3,(H,13,14). The van der Waals surface area contributed by atoms with Crippen molar-refractivity contribution in [3.05, 3.63) is 10.6 Å². The van der Waals surface area contributed by atoms with Gasteiger partial charge in [0.15, 0.2) is 5.13 Å². The van der Waals surface area contributed by atoms with E-state index in [2.05, 4.69) is 9.88 Å². The molecule has 0 saturated carbocycles. The molecule has 16 heavy (non-hydrogen) atoms. The number of anilines is 1. The van der Waals surface area contributed by atoms with Crippen molar-refractivity contribution in [2.24, 2.45) is 0 Å². The number of carboxylic acids is 1. The molecule has 1 N–H and O–H groups in total. The van der Waals surface area contributed by atoms with Crippen LogP contribution in [0.15, 0.2) is 0 Å². The fourth-order valence-corrected chi connectivity index (χ4v) is 2.68. The normalized spacial score (nSPS) is 16.4. The van der Waals surface area contributed by atoms with Crippen LogP contribution in [0.2, 0.25) is 0 Å². The van der Waals surface area contributed by atoms with Crippen molar-refractivity contribution in [3.8, 4) is 0 Å². The predicted molar refractivity (Wildman–Crippen MR) is 61.5 cm³/mol. The topological polar surface area (TPSA) is 62.7 Å². The number of morpholine rings is 1. The molecule has 1 aromatic heterocycles. The Morgan fingerprint density at radius 3 is 2.75 bits per heavy atom. The Labute approximate surface area is 97.7 Å². The third-order valence-electron chi connectivity index (χ3n) is 2.50. The molecule has 6 heteroatoms. The molecule has 0 atom stereocenters. The van der Waals surface area contributed by atoms with Crippen LogP contribution in [-0.2, 0) is 11.2 Å². The molecule has 5 nitrogen and oxygen atoms in total. The highest BCUT2D eigenvalue weighted by Crippen LogP contribution is 2.27. The van der Waals surface area contributed by atoms with E-state index in [1.165, 1.54) is 11.3 Å². The van der Waals surface area contributed by atoms with Gasteiger partial charge < -0.3 is 14.7 Å². The Morgan fingerprint density at radius 2 is 2.25 bits per heavy atom. The highest BCUT2D eigenvalue weighted by molar-refractivity contribution is 7.17. The summed E-state index contributed by atoms with van der Waals surface area (Å²) >= 11 is 1.26. The molecule has 2 heterocycles. The molecular formula is C10H14N2O3S. The van der Waals surface area contributed by atoms with E-state index in [0.717, 1.165) is 18.2 Å². The smallest absolute Gasteiger partial charge is 0.347 e. The summed E-state index contributed by atoms with van der Waals surface area (Å²) in [6, 6.07) is 0. The Morgan fingerprint density at radius 1 is 1.56 bits per heavy atom. The summed E-state index contributed by atoms with van der Waals surface area (Å²) in [5.74, 6) is -0.881.